The summed E-state index contributed by atoms with van der Waals surface area (Å²) in [5.41, 5.74) is 0. The maximum atomic E-state index is 11.5. The van der Waals surface area contributed by atoms with Gasteiger partial charge in [0.25, 0.3) is 0 Å². The first-order valence-electron chi connectivity index (χ1n) is 4.19. The largest absolute Gasteiger partial charge is 0.305 e. The van der Waals surface area contributed by atoms with Gasteiger partial charge in [-0.2, -0.15) is 0 Å². The normalized spacial score (nSPS) is 11.1. The minimum atomic E-state index is -0.111. The Morgan fingerprint density at radius 1 is 1.87 bits per heavy atom. The lowest BCUT2D eigenvalue weighted by atomic mass is 10.4. The minimum absolute atomic E-state index is 0.111. The summed E-state index contributed by atoms with van der Waals surface area (Å²) < 4.78 is 0. The van der Waals surface area contributed by atoms with Crippen LogP contribution in [0.5, 0.6) is 0 Å². The van der Waals surface area contributed by atoms with Crippen LogP contribution in [0.4, 0.5) is 0 Å². The number of carbonyl (C=O) groups is 1. The third-order valence-electron chi connectivity index (χ3n) is 1.44. The molecule has 0 saturated heterocycles. The summed E-state index contributed by atoms with van der Waals surface area (Å²) in [7, 11) is 1.62. The molecule has 0 unspecified atom stereocenters. The molecule has 0 aromatic carbocycles. The number of nitrogens with one attached hydrogen (secondary N) is 1. The standard InChI is InChI=1S/C9H11N3OS2/c1-3-14-9(10-2)12-7(13)6-8-11-4-5-15-8/h3-5H,1,6H2,2H3,(H,10,12,13). The molecule has 1 N–H and O–H groups in total. The van der Waals surface area contributed by atoms with E-state index in [0.717, 1.165) is 5.01 Å². The average Bonchev–Trinajstić information content (AvgIpc) is 2.69. The number of thioether (sulfide) groups is 1. The van der Waals surface area contributed by atoms with E-state index in [1.54, 1.807) is 18.7 Å². The molecule has 80 valence electrons. The molecule has 0 aliphatic heterocycles. The van der Waals surface area contributed by atoms with Gasteiger partial charge in [0.05, 0.1) is 6.42 Å². The molecule has 0 saturated carbocycles. The number of amidine groups is 1. The van der Waals surface area contributed by atoms with Gasteiger partial charge in [-0.1, -0.05) is 18.3 Å². The monoisotopic (exact) mass is 241 g/mol. The molecular formula is C9H11N3OS2. The Kier molecular flexibility index (Phi) is 5.06. The fourth-order valence-electron chi connectivity index (χ4n) is 0.858. The average molecular weight is 241 g/mol. The van der Waals surface area contributed by atoms with Crippen LogP contribution in [0.1, 0.15) is 5.01 Å². The van der Waals surface area contributed by atoms with Gasteiger partial charge in [-0.05, 0) is 5.41 Å². The van der Waals surface area contributed by atoms with E-state index in [1.807, 2.05) is 5.38 Å². The maximum Gasteiger partial charge on any atom is 0.232 e. The Bertz CT molecular complexity index is 359. The van der Waals surface area contributed by atoms with E-state index in [0.29, 0.717) is 5.17 Å². The summed E-state index contributed by atoms with van der Waals surface area (Å²) in [4.78, 5) is 19.4. The van der Waals surface area contributed by atoms with Crippen molar-refractivity contribution in [3.8, 4) is 0 Å². The van der Waals surface area contributed by atoms with Gasteiger partial charge >= 0.3 is 0 Å². The van der Waals surface area contributed by atoms with E-state index >= 15 is 0 Å². The van der Waals surface area contributed by atoms with E-state index in [2.05, 4.69) is 21.9 Å². The zero-order chi connectivity index (χ0) is 11.1. The summed E-state index contributed by atoms with van der Waals surface area (Å²) >= 11 is 2.74. The predicted molar refractivity (Wildman–Crippen MR) is 65.1 cm³/mol. The van der Waals surface area contributed by atoms with Crippen molar-refractivity contribution in [3.63, 3.8) is 0 Å². The summed E-state index contributed by atoms with van der Waals surface area (Å²) in [6.07, 6.45) is 1.97. The number of hydrogen-bond donors (Lipinski definition) is 1. The highest BCUT2D eigenvalue weighted by molar-refractivity contribution is 8.16. The second kappa shape index (κ2) is 6.36. The first-order valence-corrected chi connectivity index (χ1v) is 5.94. The zero-order valence-electron chi connectivity index (χ0n) is 8.27. The molecule has 4 nitrogen and oxygen atoms in total. The van der Waals surface area contributed by atoms with Gasteiger partial charge in [-0.25, -0.2) is 4.98 Å². The van der Waals surface area contributed by atoms with E-state index < -0.39 is 0 Å². The Labute approximate surface area is 96.5 Å². The number of nitrogens with zero attached hydrogens (tertiary/aromatic N) is 2. The van der Waals surface area contributed by atoms with Crippen LogP contribution in [0.2, 0.25) is 0 Å². The molecule has 0 radical (unpaired) electrons. The molecule has 0 aliphatic carbocycles. The Balaban J connectivity index is 2.45. The second-order valence-electron chi connectivity index (χ2n) is 2.46. The van der Waals surface area contributed by atoms with Crippen LogP contribution in [0, 0.1) is 0 Å². The van der Waals surface area contributed by atoms with Crippen LogP contribution < -0.4 is 5.32 Å². The molecule has 0 fully saturated rings. The summed E-state index contributed by atoms with van der Waals surface area (Å²) in [6, 6.07) is 0. The van der Waals surface area contributed by atoms with Crippen molar-refractivity contribution in [2.75, 3.05) is 7.05 Å². The Morgan fingerprint density at radius 3 is 3.20 bits per heavy atom. The Hall–Kier alpha value is -1.14. The lowest BCUT2D eigenvalue weighted by molar-refractivity contribution is -0.119. The van der Waals surface area contributed by atoms with Crippen molar-refractivity contribution in [2.45, 2.75) is 6.42 Å². The number of carbonyl (C=O) groups excluding carboxylic acids is 1. The minimum Gasteiger partial charge on any atom is -0.305 e. The fourth-order valence-corrected chi connectivity index (χ4v) is 1.91. The van der Waals surface area contributed by atoms with Crippen molar-refractivity contribution in [1.29, 1.82) is 0 Å². The van der Waals surface area contributed by atoms with Gasteiger partial charge < -0.3 is 5.32 Å². The van der Waals surface area contributed by atoms with Gasteiger partial charge in [0.15, 0.2) is 5.17 Å². The van der Waals surface area contributed by atoms with Crippen molar-refractivity contribution in [3.05, 3.63) is 28.6 Å². The zero-order valence-corrected chi connectivity index (χ0v) is 9.90. The van der Waals surface area contributed by atoms with Gasteiger partial charge in [0.1, 0.15) is 5.01 Å². The lowest BCUT2D eigenvalue weighted by Gasteiger charge is -2.03. The van der Waals surface area contributed by atoms with E-state index in [4.69, 9.17) is 0 Å². The third-order valence-corrected chi connectivity index (χ3v) is 2.89. The maximum absolute atomic E-state index is 11.5. The molecule has 0 bridgehead atoms. The van der Waals surface area contributed by atoms with Crippen LogP contribution in [0.15, 0.2) is 28.6 Å². The van der Waals surface area contributed by atoms with Crippen LogP contribution in [-0.2, 0) is 11.2 Å². The molecule has 0 aliphatic rings. The third kappa shape index (κ3) is 4.26. The van der Waals surface area contributed by atoms with Crippen molar-refractivity contribution in [1.82, 2.24) is 10.3 Å². The first kappa shape index (κ1) is 11.9. The quantitative estimate of drug-likeness (QED) is 0.647. The fraction of sp³-hybridized carbons (Fsp3) is 0.222. The molecule has 1 aromatic heterocycles. The van der Waals surface area contributed by atoms with Gasteiger partial charge in [-0.3, -0.25) is 9.79 Å². The number of hydrogen-bond acceptors (Lipinski definition) is 5. The highest BCUT2D eigenvalue weighted by Gasteiger charge is 2.07. The predicted octanol–water partition coefficient (Wildman–Crippen LogP) is 1.66. The van der Waals surface area contributed by atoms with E-state index in [-0.39, 0.29) is 12.3 Å². The van der Waals surface area contributed by atoms with E-state index in [9.17, 15) is 4.79 Å². The molecule has 0 spiro atoms. The summed E-state index contributed by atoms with van der Waals surface area (Å²) in [5, 5.41) is 7.48. The van der Waals surface area contributed by atoms with Gasteiger partial charge in [0.2, 0.25) is 5.91 Å². The molecule has 1 amide bonds. The smallest absolute Gasteiger partial charge is 0.232 e. The first-order chi connectivity index (χ1) is 7.26. The van der Waals surface area contributed by atoms with E-state index in [1.165, 1.54) is 23.1 Å². The second-order valence-corrected chi connectivity index (χ2v) is 4.40. The lowest BCUT2D eigenvalue weighted by Crippen LogP contribution is -2.29. The molecule has 6 heteroatoms. The van der Waals surface area contributed by atoms with Crippen LogP contribution >= 0.6 is 23.1 Å². The highest BCUT2D eigenvalue weighted by atomic mass is 32.2. The van der Waals surface area contributed by atoms with Crippen molar-refractivity contribution < 1.29 is 4.79 Å². The molecule has 1 rings (SSSR count). The number of rotatable bonds is 3. The molecule has 0 atom stereocenters. The number of aromatic nitrogens is 1. The Morgan fingerprint density at radius 2 is 2.67 bits per heavy atom. The topological polar surface area (TPSA) is 54.4 Å². The molecule has 1 aromatic rings. The van der Waals surface area contributed by atoms with Crippen LogP contribution in [0.25, 0.3) is 0 Å². The number of amides is 1. The number of aliphatic imine (C=N–C) groups is 1. The summed E-state index contributed by atoms with van der Waals surface area (Å²) in [5.74, 6) is -0.111. The van der Waals surface area contributed by atoms with Crippen LogP contribution in [0.3, 0.4) is 0 Å². The highest BCUT2D eigenvalue weighted by Crippen LogP contribution is 2.06. The van der Waals surface area contributed by atoms with Crippen molar-refractivity contribution in [2.24, 2.45) is 4.99 Å². The van der Waals surface area contributed by atoms with Gasteiger partial charge in [0, 0.05) is 18.6 Å². The van der Waals surface area contributed by atoms with Gasteiger partial charge in [-0.15, -0.1) is 11.3 Å². The summed E-state index contributed by atoms with van der Waals surface area (Å²) in [6.45, 7) is 3.55. The molecular weight excluding hydrogens is 230 g/mol. The molecule has 15 heavy (non-hydrogen) atoms. The SMILES string of the molecule is C=CSC(=NC)NC(=O)Cc1nccs1. The number of thiazole rings is 1. The van der Waals surface area contributed by atoms with Crippen molar-refractivity contribution >= 4 is 34.2 Å². The molecule has 1 heterocycles. The van der Waals surface area contributed by atoms with Crippen LogP contribution in [-0.4, -0.2) is 23.1 Å².